The molecule has 1 heterocycles. The van der Waals surface area contributed by atoms with Gasteiger partial charge < -0.3 is 10.4 Å². The van der Waals surface area contributed by atoms with Gasteiger partial charge in [-0.05, 0) is 47.3 Å². The summed E-state index contributed by atoms with van der Waals surface area (Å²) in [5.41, 5.74) is 0. The average Bonchev–Trinajstić information content (AvgIpc) is 2.58. The van der Waals surface area contributed by atoms with Gasteiger partial charge >= 0.3 is 5.97 Å². The van der Waals surface area contributed by atoms with Crippen LogP contribution in [0, 0.1) is 0 Å². The van der Waals surface area contributed by atoms with Crippen molar-refractivity contribution >= 4 is 33.2 Å². The highest BCUT2D eigenvalue weighted by Gasteiger charge is 2.09. The van der Waals surface area contributed by atoms with Crippen LogP contribution in [0.5, 0.6) is 0 Å². The molecule has 0 aromatic carbocycles. The van der Waals surface area contributed by atoms with E-state index in [1.54, 1.807) is 11.3 Å². The van der Waals surface area contributed by atoms with Crippen molar-refractivity contribution in [3.63, 3.8) is 0 Å². The maximum absolute atomic E-state index is 10.3. The van der Waals surface area contributed by atoms with Gasteiger partial charge in [-0.15, -0.1) is 11.3 Å². The average molecular weight is 292 g/mol. The fraction of sp³-hybridized carbons (Fsp3) is 0.500. The van der Waals surface area contributed by atoms with Gasteiger partial charge in [0.05, 0.1) is 0 Å². The molecule has 0 aliphatic carbocycles. The number of nitrogens with one attached hydrogen (secondary N) is 1. The summed E-state index contributed by atoms with van der Waals surface area (Å²) in [6.45, 7) is 2.81. The molecule has 0 aliphatic rings. The molecule has 84 valence electrons. The first-order chi connectivity index (χ1) is 7.11. The van der Waals surface area contributed by atoms with Crippen molar-refractivity contribution in [1.29, 1.82) is 0 Å². The number of thiophene rings is 1. The zero-order chi connectivity index (χ0) is 11.3. The Kier molecular flexibility index (Phi) is 5.28. The van der Waals surface area contributed by atoms with E-state index < -0.39 is 5.97 Å². The molecule has 1 aromatic rings. The summed E-state index contributed by atoms with van der Waals surface area (Å²) in [5.74, 6) is -0.734. The summed E-state index contributed by atoms with van der Waals surface area (Å²) in [6.07, 6.45) is 0.897. The molecule has 0 saturated carbocycles. The van der Waals surface area contributed by atoms with Gasteiger partial charge in [0.15, 0.2) is 0 Å². The smallest absolute Gasteiger partial charge is 0.303 e. The van der Waals surface area contributed by atoms with Gasteiger partial charge in [0, 0.05) is 21.8 Å². The second-order valence-corrected chi connectivity index (χ2v) is 5.11. The number of hydrogen-bond donors (Lipinski definition) is 2. The molecular weight excluding hydrogens is 278 g/mol. The molecule has 0 bridgehead atoms. The van der Waals surface area contributed by atoms with Crippen molar-refractivity contribution in [1.82, 2.24) is 5.32 Å². The molecular formula is C10H14BrNO2S. The van der Waals surface area contributed by atoms with Gasteiger partial charge in [-0.2, -0.15) is 0 Å². The summed E-state index contributed by atoms with van der Waals surface area (Å²) in [6, 6.07) is 2.29. The van der Waals surface area contributed by atoms with Crippen molar-refractivity contribution < 1.29 is 9.90 Å². The molecule has 2 N–H and O–H groups in total. The van der Waals surface area contributed by atoms with Crippen LogP contribution in [0.1, 0.15) is 30.7 Å². The minimum absolute atomic E-state index is 0.228. The van der Waals surface area contributed by atoms with Crippen LogP contribution in [-0.2, 0) is 4.79 Å². The first-order valence-electron chi connectivity index (χ1n) is 4.79. The van der Waals surface area contributed by atoms with Crippen molar-refractivity contribution in [2.45, 2.75) is 25.8 Å². The van der Waals surface area contributed by atoms with E-state index in [9.17, 15) is 4.79 Å². The maximum Gasteiger partial charge on any atom is 0.303 e. The molecule has 1 aromatic heterocycles. The lowest BCUT2D eigenvalue weighted by Crippen LogP contribution is -2.19. The molecule has 0 fully saturated rings. The third-order valence-corrected chi connectivity index (χ3v) is 4.11. The Bertz CT molecular complexity index is 327. The topological polar surface area (TPSA) is 49.3 Å². The predicted molar refractivity (Wildman–Crippen MR) is 65.3 cm³/mol. The minimum Gasteiger partial charge on any atom is -0.481 e. The van der Waals surface area contributed by atoms with Crippen LogP contribution in [0.3, 0.4) is 0 Å². The normalized spacial score (nSPS) is 12.7. The molecule has 3 nitrogen and oxygen atoms in total. The van der Waals surface area contributed by atoms with Gasteiger partial charge in [-0.1, -0.05) is 0 Å². The number of halogens is 1. The summed E-state index contributed by atoms with van der Waals surface area (Å²) in [4.78, 5) is 11.5. The molecule has 5 heteroatoms. The van der Waals surface area contributed by atoms with Crippen LogP contribution in [0.2, 0.25) is 0 Å². The SMILES string of the molecule is CC(NCCCC(=O)O)c1sccc1Br. The lowest BCUT2D eigenvalue weighted by atomic mass is 10.2. The Morgan fingerprint density at radius 3 is 3.00 bits per heavy atom. The van der Waals surface area contributed by atoms with Crippen LogP contribution in [-0.4, -0.2) is 17.6 Å². The fourth-order valence-electron chi connectivity index (χ4n) is 1.27. The molecule has 0 aliphatic heterocycles. The molecule has 1 unspecified atom stereocenters. The first-order valence-corrected chi connectivity index (χ1v) is 6.46. The number of hydrogen-bond acceptors (Lipinski definition) is 3. The highest BCUT2D eigenvalue weighted by molar-refractivity contribution is 9.10. The quantitative estimate of drug-likeness (QED) is 0.792. The minimum atomic E-state index is -0.734. The lowest BCUT2D eigenvalue weighted by molar-refractivity contribution is -0.137. The Labute approximate surface area is 102 Å². The Morgan fingerprint density at radius 1 is 1.73 bits per heavy atom. The van der Waals surface area contributed by atoms with E-state index in [1.165, 1.54) is 4.88 Å². The third kappa shape index (κ3) is 4.32. The van der Waals surface area contributed by atoms with Crippen LogP contribution in [0.15, 0.2) is 15.9 Å². The summed E-state index contributed by atoms with van der Waals surface area (Å²) >= 11 is 5.17. The number of aliphatic carboxylic acids is 1. The Balaban J connectivity index is 2.28. The van der Waals surface area contributed by atoms with E-state index in [1.807, 2.05) is 11.4 Å². The van der Waals surface area contributed by atoms with Gasteiger partial charge in [0.2, 0.25) is 0 Å². The molecule has 0 saturated heterocycles. The highest BCUT2D eigenvalue weighted by atomic mass is 79.9. The van der Waals surface area contributed by atoms with Crippen LogP contribution >= 0.6 is 27.3 Å². The maximum atomic E-state index is 10.3. The second kappa shape index (κ2) is 6.25. The van der Waals surface area contributed by atoms with Gasteiger partial charge in [-0.25, -0.2) is 0 Å². The van der Waals surface area contributed by atoms with Crippen molar-refractivity contribution in [3.05, 3.63) is 20.8 Å². The van der Waals surface area contributed by atoms with Crippen LogP contribution in [0.4, 0.5) is 0 Å². The summed E-state index contributed by atoms with van der Waals surface area (Å²) < 4.78 is 1.12. The fourth-order valence-corrected chi connectivity index (χ4v) is 3.01. The summed E-state index contributed by atoms with van der Waals surface area (Å²) in [7, 11) is 0. The van der Waals surface area contributed by atoms with E-state index in [0.717, 1.165) is 11.0 Å². The zero-order valence-corrected chi connectivity index (χ0v) is 10.9. The number of rotatable bonds is 6. The van der Waals surface area contributed by atoms with E-state index in [2.05, 4.69) is 28.2 Å². The number of carboxylic acids is 1. The Hall–Kier alpha value is -0.390. The zero-order valence-electron chi connectivity index (χ0n) is 8.50. The monoisotopic (exact) mass is 291 g/mol. The van der Waals surface area contributed by atoms with Crippen molar-refractivity contribution in [3.8, 4) is 0 Å². The largest absolute Gasteiger partial charge is 0.481 e. The lowest BCUT2D eigenvalue weighted by Gasteiger charge is -2.12. The molecule has 0 spiro atoms. The van der Waals surface area contributed by atoms with Gasteiger partial charge in [-0.3, -0.25) is 4.79 Å². The van der Waals surface area contributed by atoms with Crippen molar-refractivity contribution in [2.24, 2.45) is 0 Å². The van der Waals surface area contributed by atoms with Crippen molar-refractivity contribution in [2.75, 3.05) is 6.54 Å². The first kappa shape index (κ1) is 12.7. The number of carbonyl (C=O) groups is 1. The molecule has 1 rings (SSSR count). The molecule has 1 atom stereocenters. The van der Waals surface area contributed by atoms with Crippen LogP contribution < -0.4 is 5.32 Å². The van der Waals surface area contributed by atoms with E-state index in [0.29, 0.717) is 6.42 Å². The Morgan fingerprint density at radius 2 is 2.47 bits per heavy atom. The van der Waals surface area contributed by atoms with Crippen LogP contribution in [0.25, 0.3) is 0 Å². The second-order valence-electron chi connectivity index (χ2n) is 3.31. The number of carboxylic acid groups (broad SMARTS) is 1. The van der Waals surface area contributed by atoms with E-state index in [-0.39, 0.29) is 12.5 Å². The molecule has 15 heavy (non-hydrogen) atoms. The molecule has 0 radical (unpaired) electrons. The van der Waals surface area contributed by atoms with E-state index >= 15 is 0 Å². The van der Waals surface area contributed by atoms with Gasteiger partial charge in [0.25, 0.3) is 0 Å². The molecule has 0 amide bonds. The summed E-state index contributed by atoms with van der Waals surface area (Å²) in [5, 5.41) is 13.8. The van der Waals surface area contributed by atoms with E-state index in [4.69, 9.17) is 5.11 Å². The third-order valence-electron chi connectivity index (χ3n) is 2.06. The van der Waals surface area contributed by atoms with Gasteiger partial charge in [0.1, 0.15) is 0 Å². The predicted octanol–water partition coefficient (Wildman–Crippen LogP) is 3.03. The standard InChI is InChI=1S/C10H14BrNO2S/c1-7(10-8(11)4-6-15-10)12-5-2-3-9(13)14/h4,6-7,12H,2-3,5H2,1H3,(H,13,14). The highest BCUT2D eigenvalue weighted by Crippen LogP contribution is 2.28.